The van der Waals surface area contributed by atoms with Crippen LogP contribution in [-0.2, 0) is 4.79 Å². The molecule has 0 aromatic rings. The first kappa shape index (κ1) is 26.7. The second-order valence-electron chi connectivity index (χ2n) is 8.13. The Balaban J connectivity index is 3.19. The molecule has 1 amide bonds. The molecule has 0 saturated heterocycles. The van der Waals surface area contributed by atoms with E-state index in [1.165, 1.54) is 103 Å². The highest BCUT2D eigenvalue weighted by molar-refractivity contribution is 5.92. The van der Waals surface area contributed by atoms with Crippen LogP contribution in [0.1, 0.15) is 123 Å². The van der Waals surface area contributed by atoms with Gasteiger partial charge < -0.3 is 5.32 Å². The molecular weight excluding hydrogens is 342 g/mol. The van der Waals surface area contributed by atoms with Crippen LogP contribution in [0, 0.1) is 0 Å². The summed E-state index contributed by atoms with van der Waals surface area (Å²) in [4.78, 5) is 11.3. The number of hydrogen-bond donors (Lipinski definition) is 1. The molecule has 0 spiro atoms. The number of carbonyl (C=O) groups is 1. The zero-order valence-electron chi connectivity index (χ0n) is 18.9. The van der Waals surface area contributed by atoms with Crippen molar-refractivity contribution < 1.29 is 4.79 Å². The quantitative estimate of drug-likeness (QED) is 0.126. The van der Waals surface area contributed by atoms with Crippen molar-refractivity contribution in [3.8, 4) is 0 Å². The van der Waals surface area contributed by atoms with Gasteiger partial charge in [0, 0.05) is 11.8 Å². The molecule has 0 fully saturated rings. The lowest BCUT2D eigenvalue weighted by molar-refractivity contribution is -0.116. The minimum absolute atomic E-state index is 0.123. The van der Waals surface area contributed by atoms with Crippen molar-refractivity contribution in [1.82, 2.24) is 5.32 Å². The molecule has 0 atom stereocenters. The number of unbranched alkanes of at least 4 members (excludes halogenated alkanes) is 16. The standard InChI is InChI=1S/C26H47NO/c1-4-5-6-7-8-9-10-11-12-13-14-15-16-17-18-19-20-21-22-23-24-27-26(28)25(2)3/h21-24H,2,4-20H2,1,3H3,(H,27,28). The van der Waals surface area contributed by atoms with Gasteiger partial charge in [0.25, 0.3) is 0 Å². The average Bonchev–Trinajstić information content (AvgIpc) is 2.68. The van der Waals surface area contributed by atoms with Crippen LogP contribution in [0.25, 0.3) is 0 Å². The van der Waals surface area contributed by atoms with E-state index in [1.807, 2.05) is 12.2 Å². The molecular formula is C26H47NO. The fraction of sp³-hybridized carbons (Fsp3) is 0.731. The first-order valence-corrected chi connectivity index (χ1v) is 12.0. The molecule has 0 radical (unpaired) electrons. The highest BCUT2D eigenvalue weighted by Crippen LogP contribution is 2.14. The van der Waals surface area contributed by atoms with Gasteiger partial charge in [0.1, 0.15) is 0 Å². The van der Waals surface area contributed by atoms with Crippen molar-refractivity contribution in [2.75, 3.05) is 0 Å². The lowest BCUT2D eigenvalue weighted by Gasteiger charge is -2.03. The average molecular weight is 390 g/mol. The maximum absolute atomic E-state index is 11.3. The predicted octanol–water partition coefficient (Wildman–Crippen LogP) is 8.40. The number of carbonyl (C=O) groups excluding carboxylic acids is 1. The van der Waals surface area contributed by atoms with Crippen LogP contribution in [0.4, 0.5) is 0 Å². The van der Waals surface area contributed by atoms with Crippen molar-refractivity contribution in [3.63, 3.8) is 0 Å². The van der Waals surface area contributed by atoms with Gasteiger partial charge in [-0.15, -0.1) is 0 Å². The molecule has 0 aromatic heterocycles. The van der Waals surface area contributed by atoms with E-state index in [-0.39, 0.29) is 5.91 Å². The molecule has 0 saturated carbocycles. The number of nitrogens with one attached hydrogen (secondary N) is 1. The SMILES string of the molecule is C=C(C)C(=O)NC=CC=CCCCCCCCCCCCCCCCCCC. The van der Waals surface area contributed by atoms with E-state index >= 15 is 0 Å². The van der Waals surface area contributed by atoms with Crippen LogP contribution in [-0.4, -0.2) is 5.91 Å². The van der Waals surface area contributed by atoms with E-state index in [0.29, 0.717) is 5.57 Å². The lowest BCUT2D eigenvalue weighted by Crippen LogP contribution is -2.16. The van der Waals surface area contributed by atoms with Gasteiger partial charge in [-0.2, -0.15) is 0 Å². The molecule has 162 valence electrons. The fourth-order valence-electron chi connectivity index (χ4n) is 3.29. The number of allylic oxidation sites excluding steroid dienone is 3. The molecule has 1 N–H and O–H groups in total. The van der Waals surface area contributed by atoms with Gasteiger partial charge in [0.15, 0.2) is 0 Å². The normalized spacial score (nSPS) is 11.5. The smallest absolute Gasteiger partial charge is 0.250 e. The molecule has 0 rings (SSSR count). The van der Waals surface area contributed by atoms with Gasteiger partial charge in [-0.05, 0) is 25.8 Å². The molecule has 28 heavy (non-hydrogen) atoms. The first-order valence-electron chi connectivity index (χ1n) is 12.0. The van der Waals surface area contributed by atoms with Crippen LogP contribution < -0.4 is 5.32 Å². The van der Waals surface area contributed by atoms with Crippen molar-refractivity contribution in [2.45, 2.75) is 123 Å². The van der Waals surface area contributed by atoms with E-state index in [4.69, 9.17) is 0 Å². The summed E-state index contributed by atoms with van der Waals surface area (Å²) in [7, 11) is 0. The zero-order valence-corrected chi connectivity index (χ0v) is 18.9. The molecule has 0 aliphatic rings. The fourth-order valence-corrected chi connectivity index (χ4v) is 3.29. The van der Waals surface area contributed by atoms with E-state index in [9.17, 15) is 4.79 Å². The van der Waals surface area contributed by atoms with Crippen LogP contribution in [0.2, 0.25) is 0 Å². The summed E-state index contributed by atoms with van der Waals surface area (Å²) in [6, 6.07) is 0. The van der Waals surface area contributed by atoms with E-state index in [2.05, 4.69) is 24.9 Å². The minimum Gasteiger partial charge on any atom is -0.329 e. The van der Waals surface area contributed by atoms with Gasteiger partial charge >= 0.3 is 0 Å². The van der Waals surface area contributed by atoms with Gasteiger partial charge in [-0.25, -0.2) is 0 Å². The van der Waals surface area contributed by atoms with Gasteiger partial charge in [-0.3, -0.25) is 4.79 Å². The van der Waals surface area contributed by atoms with Crippen LogP contribution in [0.3, 0.4) is 0 Å². The second kappa shape index (κ2) is 22.0. The Morgan fingerprint density at radius 3 is 1.57 bits per heavy atom. The Morgan fingerprint density at radius 2 is 1.14 bits per heavy atom. The third-order valence-corrected chi connectivity index (χ3v) is 5.17. The second-order valence-corrected chi connectivity index (χ2v) is 8.13. The van der Waals surface area contributed by atoms with Crippen molar-refractivity contribution >= 4 is 5.91 Å². The highest BCUT2D eigenvalue weighted by Gasteiger charge is 1.95. The van der Waals surface area contributed by atoms with Crippen molar-refractivity contribution in [1.29, 1.82) is 0 Å². The molecule has 0 heterocycles. The zero-order chi connectivity index (χ0) is 20.7. The Bertz CT molecular complexity index is 422. The van der Waals surface area contributed by atoms with Crippen molar-refractivity contribution in [3.05, 3.63) is 36.6 Å². The Morgan fingerprint density at radius 1 is 0.714 bits per heavy atom. The van der Waals surface area contributed by atoms with Gasteiger partial charge in [-0.1, -0.05) is 122 Å². The number of amides is 1. The Kier molecular flexibility index (Phi) is 21.0. The maximum atomic E-state index is 11.3. The third-order valence-electron chi connectivity index (χ3n) is 5.17. The van der Waals surface area contributed by atoms with Crippen LogP contribution in [0.5, 0.6) is 0 Å². The van der Waals surface area contributed by atoms with E-state index < -0.39 is 0 Å². The van der Waals surface area contributed by atoms with Crippen molar-refractivity contribution in [2.24, 2.45) is 0 Å². The molecule has 0 aliphatic carbocycles. The summed E-state index contributed by atoms with van der Waals surface area (Å²) in [5.41, 5.74) is 0.529. The van der Waals surface area contributed by atoms with Gasteiger partial charge in [0.2, 0.25) is 5.91 Å². The van der Waals surface area contributed by atoms with E-state index in [0.717, 1.165) is 6.42 Å². The Hall–Kier alpha value is -1.31. The number of hydrogen-bond acceptors (Lipinski definition) is 1. The maximum Gasteiger partial charge on any atom is 0.250 e. The molecule has 0 unspecified atom stereocenters. The summed E-state index contributed by atoms with van der Waals surface area (Å²) in [5, 5.41) is 2.67. The summed E-state index contributed by atoms with van der Waals surface area (Å²) >= 11 is 0. The monoisotopic (exact) mass is 389 g/mol. The largest absolute Gasteiger partial charge is 0.329 e. The predicted molar refractivity (Wildman–Crippen MR) is 125 cm³/mol. The number of rotatable bonds is 20. The summed E-state index contributed by atoms with van der Waals surface area (Å²) < 4.78 is 0. The summed E-state index contributed by atoms with van der Waals surface area (Å²) in [6.45, 7) is 7.59. The molecule has 2 nitrogen and oxygen atoms in total. The molecule has 0 bridgehead atoms. The lowest BCUT2D eigenvalue weighted by atomic mass is 10.0. The summed E-state index contributed by atoms with van der Waals surface area (Å²) in [6.07, 6.45) is 31.4. The highest BCUT2D eigenvalue weighted by atomic mass is 16.1. The summed E-state index contributed by atoms with van der Waals surface area (Å²) in [5.74, 6) is -0.123. The molecule has 2 heteroatoms. The molecule has 0 aromatic carbocycles. The van der Waals surface area contributed by atoms with Crippen LogP contribution >= 0.6 is 0 Å². The topological polar surface area (TPSA) is 29.1 Å². The van der Waals surface area contributed by atoms with Gasteiger partial charge in [0.05, 0.1) is 0 Å². The van der Waals surface area contributed by atoms with Crippen LogP contribution in [0.15, 0.2) is 36.6 Å². The van der Waals surface area contributed by atoms with E-state index in [1.54, 1.807) is 13.1 Å². The molecule has 0 aliphatic heterocycles. The first-order chi connectivity index (χ1) is 13.7. The third kappa shape index (κ3) is 21.0. The minimum atomic E-state index is -0.123. The Labute approximate surface area is 176 Å².